The van der Waals surface area contributed by atoms with Crippen LogP contribution in [-0.2, 0) is 19.1 Å². The van der Waals surface area contributed by atoms with Gasteiger partial charge in [0.05, 0.1) is 19.3 Å². The Morgan fingerprint density at radius 3 is 1.17 bits per heavy atom. The van der Waals surface area contributed by atoms with E-state index in [1.165, 1.54) is 51.6 Å². The van der Waals surface area contributed by atoms with Crippen LogP contribution in [0.4, 0.5) is 0 Å². The number of piperidine rings is 3. The van der Waals surface area contributed by atoms with Crippen LogP contribution in [0.15, 0.2) is 0 Å². The normalized spacial score (nSPS) is 22.1. The van der Waals surface area contributed by atoms with Gasteiger partial charge in [-0.1, -0.05) is 62.3 Å². The van der Waals surface area contributed by atoms with Crippen LogP contribution in [-0.4, -0.2) is 104 Å². The van der Waals surface area contributed by atoms with Gasteiger partial charge in [0.25, 0.3) is 0 Å². The van der Waals surface area contributed by atoms with Crippen molar-refractivity contribution in [1.29, 1.82) is 0 Å². The molecule has 7 nitrogen and oxygen atoms in total. The molecule has 0 spiro atoms. The summed E-state index contributed by atoms with van der Waals surface area (Å²) in [4.78, 5) is 43.1. The van der Waals surface area contributed by atoms with Gasteiger partial charge in [0.1, 0.15) is 17.3 Å². The van der Waals surface area contributed by atoms with Crippen LogP contribution < -0.4 is 0 Å². The van der Waals surface area contributed by atoms with E-state index in [0.717, 1.165) is 58.7 Å². The average molecular weight is 662 g/mol. The van der Waals surface area contributed by atoms with Crippen molar-refractivity contribution in [2.75, 3.05) is 59.5 Å². The first-order valence-corrected chi connectivity index (χ1v) is 19.0. The molecule has 4 saturated heterocycles. The molecule has 0 aromatic carbocycles. The molecular formula is C40H75N3O4. The first kappa shape index (κ1) is 42.0. The van der Waals surface area contributed by atoms with Crippen molar-refractivity contribution in [3.05, 3.63) is 0 Å². The Labute approximate surface area is 290 Å². The van der Waals surface area contributed by atoms with Gasteiger partial charge in [0.2, 0.25) is 0 Å². The predicted octanol–water partition coefficient (Wildman–Crippen LogP) is 7.55. The Morgan fingerprint density at radius 2 is 0.894 bits per heavy atom. The molecule has 0 amide bonds. The monoisotopic (exact) mass is 662 g/mol. The molecule has 0 radical (unpaired) electrons. The molecule has 0 unspecified atom stereocenters. The molecule has 0 N–H and O–H groups in total. The van der Waals surface area contributed by atoms with E-state index >= 15 is 0 Å². The fraction of sp³-hybridized carbons (Fsp3) is 0.925. The second-order valence-electron chi connectivity index (χ2n) is 18.6. The van der Waals surface area contributed by atoms with Gasteiger partial charge in [-0.2, -0.15) is 0 Å². The highest BCUT2D eigenvalue weighted by Gasteiger charge is 2.32. The van der Waals surface area contributed by atoms with Crippen LogP contribution >= 0.6 is 0 Å². The van der Waals surface area contributed by atoms with Crippen LogP contribution in [0.25, 0.3) is 0 Å². The van der Waals surface area contributed by atoms with E-state index in [1.807, 2.05) is 62.3 Å². The number of likely N-dealkylation sites (tertiary alicyclic amines) is 3. The largest absolute Gasteiger partial charge is 0.378 e. The molecule has 0 aliphatic carbocycles. The van der Waals surface area contributed by atoms with Gasteiger partial charge in [0.15, 0.2) is 0 Å². The molecular weight excluding hydrogens is 586 g/mol. The summed E-state index contributed by atoms with van der Waals surface area (Å²) >= 11 is 0. The molecule has 4 rings (SSSR count). The third-order valence-corrected chi connectivity index (χ3v) is 10.9. The molecule has 4 fully saturated rings. The Bertz CT molecular complexity index is 945. The topological polar surface area (TPSA) is 70.2 Å². The van der Waals surface area contributed by atoms with Gasteiger partial charge in [0, 0.05) is 41.5 Å². The highest BCUT2D eigenvalue weighted by Crippen LogP contribution is 2.29. The van der Waals surface area contributed by atoms with Crippen molar-refractivity contribution in [3.63, 3.8) is 0 Å². The van der Waals surface area contributed by atoms with Gasteiger partial charge in [-0.25, -0.2) is 0 Å². The molecule has 4 aliphatic heterocycles. The number of rotatable bonds is 8. The number of Topliss-reactive ketones (excluding diaryl/α,β-unsaturated/α-hetero) is 3. The lowest BCUT2D eigenvalue weighted by atomic mass is 9.82. The number of carbonyl (C=O) groups excluding carboxylic acids is 3. The Kier molecular flexibility index (Phi) is 16.7. The van der Waals surface area contributed by atoms with E-state index in [2.05, 4.69) is 35.6 Å². The van der Waals surface area contributed by atoms with Gasteiger partial charge in [-0.3, -0.25) is 19.3 Å². The minimum Gasteiger partial charge on any atom is -0.378 e. The molecule has 274 valence electrons. The van der Waals surface area contributed by atoms with Crippen molar-refractivity contribution in [1.82, 2.24) is 14.7 Å². The molecule has 47 heavy (non-hydrogen) atoms. The zero-order valence-corrected chi connectivity index (χ0v) is 32.9. The second kappa shape index (κ2) is 18.7. The van der Waals surface area contributed by atoms with Gasteiger partial charge in [-0.05, 0) is 116 Å². The number of hydrogen-bond donors (Lipinski definition) is 0. The zero-order chi connectivity index (χ0) is 35.6. The Morgan fingerprint density at radius 1 is 0.574 bits per heavy atom. The SMILES string of the molecule is CC(C)(C)C(=O)CC1CCN(C2COC2)CC1.CC(C)N1CCC(CC(=O)C(C)(C)C)CC1.CN1CCC(CC(=O)C(C)(C)C)CC1. The Hall–Kier alpha value is -1.15. The van der Waals surface area contributed by atoms with Crippen LogP contribution in [0.1, 0.15) is 134 Å². The van der Waals surface area contributed by atoms with E-state index < -0.39 is 0 Å². The number of nitrogens with zero attached hydrogens (tertiary/aromatic N) is 3. The van der Waals surface area contributed by atoms with Crippen LogP contribution in [0.2, 0.25) is 0 Å². The van der Waals surface area contributed by atoms with Crippen molar-refractivity contribution >= 4 is 17.3 Å². The second-order valence-corrected chi connectivity index (χ2v) is 18.6. The summed E-state index contributed by atoms with van der Waals surface area (Å²) in [6.07, 6.45) is 9.48. The Balaban J connectivity index is 0.000000246. The third kappa shape index (κ3) is 15.5. The van der Waals surface area contributed by atoms with Crippen molar-refractivity contribution in [3.8, 4) is 0 Å². The molecule has 4 aliphatic rings. The lowest BCUT2D eigenvalue weighted by Crippen LogP contribution is -2.51. The number of hydrogen-bond acceptors (Lipinski definition) is 7. The summed E-state index contributed by atoms with van der Waals surface area (Å²) < 4.78 is 5.23. The van der Waals surface area contributed by atoms with E-state index in [1.54, 1.807) is 0 Å². The van der Waals surface area contributed by atoms with Crippen LogP contribution in [0.3, 0.4) is 0 Å². The number of carbonyl (C=O) groups is 3. The minimum absolute atomic E-state index is 0.149. The zero-order valence-electron chi connectivity index (χ0n) is 32.9. The summed E-state index contributed by atoms with van der Waals surface area (Å²) in [6, 6.07) is 1.31. The fourth-order valence-corrected chi connectivity index (χ4v) is 6.60. The van der Waals surface area contributed by atoms with Crippen molar-refractivity contribution in [2.45, 2.75) is 146 Å². The average Bonchev–Trinajstić information content (AvgIpc) is 2.94. The third-order valence-electron chi connectivity index (χ3n) is 10.9. The maximum absolute atomic E-state index is 12.0. The maximum atomic E-state index is 12.0. The maximum Gasteiger partial charge on any atom is 0.138 e. The van der Waals surface area contributed by atoms with E-state index in [-0.39, 0.29) is 16.2 Å². The summed E-state index contributed by atoms with van der Waals surface area (Å²) in [5.41, 5.74) is -0.475. The highest BCUT2D eigenvalue weighted by atomic mass is 16.5. The fourth-order valence-electron chi connectivity index (χ4n) is 6.60. The van der Waals surface area contributed by atoms with Crippen molar-refractivity contribution in [2.24, 2.45) is 34.0 Å². The number of ketones is 3. The quantitative estimate of drug-likeness (QED) is 0.266. The molecule has 0 aromatic rings. The summed E-state index contributed by atoms with van der Waals surface area (Å²) in [5.74, 6) is 3.14. The predicted molar refractivity (Wildman–Crippen MR) is 196 cm³/mol. The van der Waals surface area contributed by atoms with Crippen LogP contribution in [0, 0.1) is 34.0 Å². The molecule has 0 saturated carbocycles. The van der Waals surface area contributed by atoms with Crippen molar-refractivity contribution < 1.29 is 19.1 Å². The molecule has 0 aromatic heterocycles. The molecule has 0 bridgehead atoms. The molecule has 7 heteroatoms. The first-order chi connectivity index (χ1) is 21.7. The van der Waals surface area contributed by atoms with Gasteiger partial charge >= 0.3 is 0 Å². The summed E-state index contributed by atoms with van der Waals surface area (Å²) in [5, 5.41) is 0. The minimum atomic E-state index is -0.168. The molecule has 0 atom stereocenters. The van der Waals surface area contributed by atoms with Crippen LogP contribution in [0.5, 0.6) is 0 Å². The lowest BCUT2D eigenvalue weighted by molar-refractivity contribution is -0.128. The first-order valence-electron chi connectivity index (χ1n) is 19.0. The van der Waals surface area contributed by atoms with E-state index in [0.29, 0.717) is 47.2 Å². The lowest BCUT2D eigenvalue weighted by Gasteiger charge is -2.41. The van der Waals surface area contributed by atoms with Gasteiger partial charge in [-0.15, -0.1) is 0 Å². The summed E-state index contributed by atoms with van der Waals surface area (Å²) in [7, 11) is 2.15. The molecule has 4 heterocycles. The van der Waals surface area contributed by atoms with Gasteiger partial charge < -0.3 is 14.5 Å². The number of ether oxygens (including phenoxy) is 1. The van der Waals surface area contributed by atoms with E-state index in [4.69, 9.17) is 4.74 Å². The highest BCUT2D eigenvalue weighted by molar-refractivity contribution is 5.84. The van der Waals surface area contributed by atoms with E-state index in [9.17, 15) is 14.4 Å². The summed E-state index contributed by atoms with van der Waals surface area (Å²) in [6.45, 7) is 31.5. The standard InChI is InChI=1S/C14H25NO2.C14H27NO.C12H23NO/c1-14(2,3)13(16)8-11-4-6-15(7-5-11)12-9-17-10-12;1-11(2)15-8-6-12(7-9-15)10-13(16)14(3,4)5;1-12(2,3)11(14)9-10-5-7-13(4)8-6-10/h11-12H,4-10H2,1-3H3;11-12H,6-10H2,1-5H3;10H,5-9H2,1-4H3. The smallest absolute Gasteiger partial charge is 0.138 e.